The molecule has 1 aromatic carbocycles. The van der Waals surface area contributed by atoms with E-state index in [0.29, 0.717) is 6.54 Å². The molecule has 1 rings (SSSR count). The molecule has 0 fully saturated rings. The average Bonchev–Trinajstić information content (AvgIpc) is 2.20. The van der Waals surface area contributed by atoms with Gasteiger partial charge in [0.15, 0.2) is 0 Å². The molecule has 0 saturated heterocycles. The first-order valence-electron chi connectivity index (χ1n) is 5.29. The predicted molar refractivity (Wildman–Crippen MR) is 58.1 cm³/mol. The highest BCUT2D eigenvalue weighted by Gasteiger charge is 2.08. The molecule has 0 heterocycles. The maximum atomic E-state index is 12.3. The molecule has 15 heavy (non-hydrogen) atoms. The predicted octanol–water partition coefficient (Wildman–Crippen LogP) is 2.78. The molecule has 0 spiro atoms. The fourth-order valence-electron chi connectivity index (χ4n) is 1.63. The maximum absolute atomic E-state index is 12.3. The zero-order valence-electron chi connectivity index (χ0n) is 8.76. The summed E-state index contributed by atoms with van der Waals surface area (Å²) in [6.07, 6.45) is 0.360. The summed E-state index contributed by atoms with van der Waals surface area (Å²) in [4.78, 5) is 0. The van der Waals surface area contributed by atoms with Crippen LogP contribution in [0.15, 0.2) is 24.3 Å². The lowest BCUT2D eigenvalue weighted by Gasteiger charge is -2.08. The van der Waals surface area contributed by atoms with Crippen molar-refractivity contribution in [2.75, 3.05) is 6.54 Å². The molecule has 84 valence electrons. The van der Waals surface area contributed by atoms with Crippen molar-refractivity contribution < 1.29 is 8.78 Å². The van der Waals surface area contributed by atoms with Crippen LogP contribution in [0.2, 0.25) is 0 Å². The lowest BCUT2D eigenvalue weighted by molar-refractivity contribution is 0.149. The van der Waals surface area contributed by atoms with Crippen LogP contribution in [0.3, 0.4) is 0 Å². The summed E-state index contributed by atoms with van der Waals surface area (Å²) >= 11 is 0. The standard InChI is InChI=1S/C12H17F2N/c13-12(14)9-11-7-2-1-5-10(11)6-3-4-8-15/h1-2,5,7,12H,3-4,6,8-9,15H2. The first kappa shape index (κ1) is 12.1. The van der Waals surface area contributed by atoms with E-state index in [9.17, 15) is 8.78 Å². The minimum absolute atomic E-state index is 0.140. The molecular formula is C12H17F2N. The molecule has 0 aromatic heterocycles. The number of aryl methyl sites for hydroxylation is 1. The summed E-state index contributed by atoms with van der Waals surface area (Å²) < 4.78 is 24.5. The van der Waals surface area contributed by atoms with E-state index in [1.807, 2.05) is 18.2 Å². The highest BCUT2D eigenvalue weighted by Crippen LogP contribution is 2.15. The zero-order chi connectivity index (χ0) is 11.1. The molecule has 0 radical (unpaired) electrons. The smallest absolute Gasteiger partial charge is 0.242 e. The second-order valence-corrected chi connectivity index (χ2v) is 3.61. The Labute approximate surface area is 89.3 Å². The van der Waals surface area contributed by atoms with Crippen molar-refractivity contribution in [1.82, 2.24) is 0 Å². The molecule has 1 nitrogen and oxygen atoms in total. The second-order valence-electron chi connectivity index (χ2n) is 3.61. The molecule has 0 aliphatic rings. The van der Waals surface area contributed by atoms with Crippen LogP contribution < -0.4 is 5.73 Å². The third-order valence-electron chi connectivity index (χ3n) is 2.39. The molecule has 0 bridgehead atoms. The van der Waals surface area contributed by atoms with E-state index in [1.54, 1.807) is 6.07 Å². The van der Waals surface area contributed by atoms with Crippen molar-refractivity contribution >= 4 is 0 Å². The Morgan fingerprint density at radius 2 is 1.73 bits per heavy atom. The van der Waals surface area contributed by atoms with Crippen molar-refractivity contribution in [3.05, 3.63) is 35.4 Å². The largest absolute Gasteiger partial charge is 0.330 e. The molecule has 2 N–H and O–H groups in total. The van der Waals surface area contributed by atoms with Gasteiger partial charge < -0.3 is 5.73 Å². The van der Waals surface area contributed by atoms with Crippen molar-refractivity contribution in [1.29, 1.82) is 0 Å². The minimum atomic E-state index is -2.26. The Morgan fingerprint density at radius 3 is 2.33 bits per heavy atom. The van der Waals surface area contributed by atoms with Gasteiger partial charge in [-0.2, -0.15) is 0 Å². The van der Waals surface area contributed by atoms with E-state index >= 15 is 0 Å². The van der Waals surface area contributed by atoms with Gasteiger partial charge in [0.05, 0.1) is 0 Å². The Bertz CT molecular complexity index is 287. The van der Waals surface area contributed by atoms with Gasteiger partial charge in [0.1, 0.15) is 0 Å². The van der Waals surface area contributed by atoms with Crippen LogP contribution in [0, 0.1) is 0 Å². The average molecular weight is 213 g/mol. The monoisotopic (exact) mass is 213 g/mol. The second kappa shape index (κ2) is 6.51. The molecule has 0 saturated carbocycles. The fraction of sp³-hybridized carbons (Fsp3) is 0.500. The number of nitrogens with two attached hydrogens (primary N) is 1. The van der Waals surface area contributed by atoms with Crippen molar-refractivity contribution in [2.24, 2.45) is 5.73 Å². The van der Waals surface area contributed by atoms with Crippen LogP contribution in [0.1, 0.15) is 24.0 Å². The van der Waals surface area contributed by atoms with Crippen LogP contribution in [-0.4, -0.2) is 13.0 Å². The lowest BCUT2D eigenvalue weighted by atomic mass is 10.00. The Hall–Kier alpha value is -0.960. The molecule has 0 unspecified atom stereocenters. The summed E-state index contributed by atoms with van der Waals surface area (Å²) in [6.45, 7) is 0.664. The summed E-state index contributed by atoms with van der Waals surface area (Å²) in [6, 6.07) is 7.41. The highest BCUT2D eigenvalue weighted by atomic mass is 19.3. The first-order chi connectivity index (χ1) is 7.24. The molecule has 0 aliphatic heterocycles. The third-order valence-corrected chi connectivity index (χ3v) is 2.39. The minimum Gasteiger partial charge on any atom is -0.330 e. The summed E-state index contributed by atoms with van der Waals surface area (Å²) in [7, 11) is 0. The van der Waals surface area contributed by atoms with E-state index in [4.69, 9.17) is 5.73 Å². The van der Waals surface area contributed by atoms with E-state index < -0.39 is 6.43 Å². The van der Waals surface area contributed by atoms with Gasteiger partial charge >= 0.3 is 0 Å². The summed E-state index contributed by atoms with van der Waals surface area (Å²) in [5, 5.41) is 0. The van der Waals surface area contributed by atoms with Crippen LogP contribution in [-0.2, 0) is 12.8 Å². The van der Waals surface area contributed by atoms with Gasteiger partial charge in [-0.25, -0.2) is 8.78 Å². The van der Waals surface area contributed by atoms with Gasteiger partial charge in [-0.1, -0.05) is 24.3 Å². The van der Waals surface area contributed by atoms with Gasteiger partial charge in [0.2, 0.25) is 6.43 Å². The number of halogens is 2. The van der Waals surface area contributed by atoms with Crippen molar-refractivity contribution in [2.45, 2.75) is 32.1 Å². The van der Waals surface area contributed by atoms with Gasteiger partial charge in [-0.05, 0) is 36.9 Å². The van der Waals surface area contributed by atoms with E-state index in [-0.39, 0.29) is 6.42 Å². The molecule has 0 amide bonds. The number of alkyl halides is 2. The van der Waals surface area contributed by atoms with Crippen molar-refractivity contribution in [3.63, 3.8) is 0 Å². The van der Waals surface area contributed by atoms with E-state index in [0.717, 1.165) is 30.4 Å². The Balaban J connectivity index is 2.60. The third kappa shape index (κ3) is 4.38. The molecule has 0 atom stereocenters. The van der Waals surface area contributed by atoms with E-state index in [2.05, 4.69) is 0 Å². The first-order valence-corrected chi connectivity index (χ1v) is 5.29. The maximum Gasteiger partial charge on any atom is 0.242 e. The summed E-state index contributed by atoms with van der Waals surface area (Å²) in [5.74, 6) is 0. The van der Waals surface area contributed by atoms with Gasteiger partial charge in [-0.3, -0.25) is 0 Å². The van der Waals surface area contributed by atoms with E-state index in [1.165, 1.54) is 0 Å². The van der Waals surface area contributed by atoms with Crippen LogP contribution >= 0.6 is 0 Å². The fourth-order valence-corrected chi connectivity index (χ4v) is 1.63. The normalized spacial score (nSPS) is 10.9. The number of hydrogen-bond donors (Lipinski definition) is 1. The van der Waals surface area contributed by atoms with Crippen LogP contribution in [0.4, 0.5) is 8.78 Å². The Morgan fingerprint density at radius 1 is 1.07 bits per heavy atom. The molecular weight excluding hydrogens is 196 g/mol. The number of rotatable bonds is 6. The van der Waals surface area contributed by atoms with Crippen molar-refractivity contribution in [3.8, 4) is 0 Å². The summed E-state index contributed by atoms with van der Waals surface area (Å²) in [5.41, 5.74) is 7.19. The highest BCUT2D eigenvalue weighted by molar-refractivity contribution is 5.27. The van der Waals surface area contributed by atoms with Crippen LogP contribution in [0.25, 0.3) is 0 Å². The molecule has 0 aliphatic carbocycles. The molecule has 1 aromatic rings. The molecule has 3 heteroatoms. The lowest BCUT2D eigenvalue weighted by Crippen LogP contribution is -2.03. The Kier molecular flexibility index (Phi) is 5.26. The topological polar surface area (TPSA) is 26.0 Å². The number of hydrogen-bond acceptors (Lipinski definition) is 1. The van der Waals surface area contributed by atoms with Crippen LogP contribution in [0.5, 0.6) is 0 Å². The zero-order valence-corrected chi connectivity index (χ0v) is 8.76. The quantitative estimate of drug-likeness (QED) is 0.722. The van der Waals surface area contributed by atoms with Gasteiger partial charge in [0, 0.05) is 6.42 Å². The van der Waals surface area contributed by atoms with Gasteiger partial charge in [-0.15, -0.1) is 0 Å². The SMILES string of the molecule is NCCCCc1ccccc1CC(F)F. The number of unbranched alkanes of at least 4 members (excludes halogenated alkanes) is 1. The number of benzene rings is 1. The van der Waals surface area contributed by atoms with Gasteiger partial charge in [0.25, 0.3) is 0 Å².